The van der Waals surface area contributed by atoms with E-state index < -0.39 is 35.8 Å². The Morgan fingerprint density at radius 1 is 1.25 bits per heavy atom. The number of aliphatic hydroxyl groups is 1. The van der Waals surface area contributed by atoms with Crippen molar-refractivity contribution in [1.82, 2.24) is 0 Å². The summed E-state index contributed by atoms with van der Waals surface area (Å²) in [5.74, 6) is -6.37. The Morgan fingerprint density at radius 3 is 2.12 bits per heavy atom. The molecule has 1 aliphatic rings. The Kier molecular flexibility index (Phi) is 3.19. The normalized spacial score (nSPS) is 22.6. The molecule has 0 saturated heterocycles. The highest BCUT2D eigenvalue weighted by Crippen LogP contribution is 2.29. The second kappa shape index (κ2) is 4.23. The molecule has 0 spiro atoms. The molecule has 0 aromatic rings. The van der Waals surface area contributed by atoms with Crippen LogP contribution in [-0.4, -0.2) is 51.4 Å². The molecular weight excluding hydrogens is 218 g/mol. The van der Waals surface area contributed by atoms with E-state index in [1.165, 1.54) is 6.08 Å². The predicted molar refractivity (Wildman–Crippen MR) is 51.2 cm³/mol. The molecule has 0 aromatic carbocycles. The number of aliphatic carboxylic acids is 2. The Balaban J connectivity index is 3.25. The molecule has 1 rings (SSSR count). The van der Waals surface area contributed by atoms with Gasteiger partial charge in [-0.2, -0.15) is 0 Å². The minimum absolute atomic E-state index is 0.965. The number of carbonyl (C=O) groups excluding carboxylic acids is 1. The first-order valence-electron chi connectivity index (χ1n) is 4.28. The van der Waals surface area contributed by atoms with Gasteiger partial charge >= 0.3 is 11.9 Å². The number of Topliss-reactive ketones (excluding diaryl/α,β-unsaturated/α-hetero) is 1. The van der Waals surface area contributed by atoms with Crippen LogP contribution in [0.1, 0.15) is 0 Å². The molecule has 0 radical (unpaired) electrons. The van der Waals surface area contributed by atoms with Gasteiger partial charge in [-0.3, -0.25) is 19.4 Å². The van der Waals surface area contributed by atoms with E-state index >= 15 is 0 Å². The van der Waals surface area contributed by atoms with Crippen molar-refractivity contribution in [2.45, 2.75) is 5.54 Å². The average molecular weight is 227 g/mol. The smallest absolute Gasteiger partial charge is 0.321 e. The van der Waals surface area contributed by atoms with Crippen LogP contribution < -0.4 is 0 Å². The summed E-state index contributed by atoms with van der Waals surface area (Å²) in [6.07, 6.45) is 3.47. The first kappa shape index (κ1) is 12.1. The van der Waals surface area contributed by atoms with Gasteiger partial charge < -0.3 is 15.3 Å². The molecule has 3 N–H and O–H groups in total. The van der Waals surface area contributed by atoms with E-state index in [1.807, 2.05) is 0 Å². The van der Waals surface area contributed by atoms with Crippen molar-refractivity contribution in [3.05, 3.63) is 12.2 Å². The van der Waals surface area contributed by atoms with E-state index in [9.17, 15) is 14.4 Å². The third-order valence-electron chi connectivity index (χ3n) is 2.25. The third-order valence-corrected chi connectivity index (χ3v) is 2.25. The van der Waals surface area contributed by atoms with Crippen LogP contribution >= 0.6 is 0 Å². The van der Waals surface area contributed by atoms with Gasteiger partial charge in [-0.15, -0.1) is 0 Å². The highest BCUT2D eigenvalue weighted by Gasteiger charge is 2.52. The lowest BCUT2D eigenvalue weighted by Gasteiger charge is -2.25. The first-order chi connectivity index (χ1) is 7.45. The molecule has 0 fully saturated rings. The zero-order valence-electron chi connectivity index (χ0n) is 8.03. The van der Waals surface area contributed by atoms with Crippen LogP contribution in [0.4, 0.5) is 0 Å². The van der Waals surface area contributed by atoms with E-state index in [0.717, 1.165) is 12.3 Å². The van der Waals surface area contributed by atoms with Crippen LogP contribution in [0.3, 0.4) is 0 Å². The van der Waals surface area contributed by atoms with Crippen LogP contribution in [0.2, 0.25) is 0 Å². The maximum Gasteiger partial charge on any atom is 0.321 e. The molecule has 1 unspecified atom stereocenters. The summed E-state index contributed by atoms with van der Waals surface area (Å²) < 4.78 is 0. The lowest BCUT2D eigenvalue weighted by Crippen LogP contribution is -2.50. The van der Waals surface area contributed by atoms with Gasteiger partial charge in [0.25, 0.3) is 0 Å². The highest BCUT2D eigenvalue weighted by molar-refractivity contribution is 6.07. The Morgan fingerprint density at radius 2 is 1.81 bits per heavy atom. The van der Waals surface area contributed by atoms with E-state index in [4.69, 9.17) is 15.3 Å². The number of carbonyl (C=O) groups is 3. The predicted octanol–water partition coefficient (Wildman–Crippen LogP) is -1.29. The molecule has 1 atom stereocenters. The Bertz CT molecular complexity index is 371. The van der Waals surface area contributed by atoms with Gasteiger partial charge in [-0.05, 0) is 12.2 Å². The van der Waals surface area contributed by atoms with Crippen molar-refractivity contribution in [1.29, 1.82) is 0 Å². The summed E-state index contributed by atoms with van der Waals surface area (Å²) in [7, 11) is 0. The minimum atomic E-state index is -2.04. The molecular formula is C9H9NO6. The van der Waals surface area contributed by atoms with Gasteiger partial charge in [0.15, 0.2) is 17.2 Å². The average Bonchev–Trinajstić information content (AvgIpc) is 2.65. The van der Waals surface area contributed by atoms with Gasteiger partial charge in [0.1, 0.15) is 6.61 Å². The van der Waals surface area contributed by atoms with Crippen molar-refractivity contribution >= 4 is 23.9 Å². The minimum Gasteiger partial charge on any atom is -0.481 e. The van der Waals surface area contributed by atoms with E-state index in [0.29, 0.717) is 0 Å². The lowest BCUT2D eigenvalue weighted by molar-refractivity contribution is -0.159. The lowest BCUT2D eigenvalue weighted by atomic mass is 9.81. The van der Waals surface area contributed by atoms with Crippen LogP contribution in [0.5, 0.6) is 0 Å². The van der Waals surface area contributed by atoms with Crippen molar-refractivity contribution in [2.24, 2.45) is 10.9 Å². The fourth-order valence-corrected chi connectivity index (χ4v) is 1.50. The van der Waals surface area contributed by atoms with Gasteiger partial charge in [0.05, 0.1) is 0 Å². The first-order valence-corrected chi connectivity index (χ1v) is 4.28. The second-order valence-corrected chi connectivity index (χ2v) is 3.15. The quantitative estimate of drug-likeness (QED) is 0.502. The van der Waals surface area contributed by atoms with Gasteiger partial charge in [0.2, 0.25) is 0 Å². The molecule has 86 valence electrons. The number of aliphatic hydroxyl groups excluding tert-OH is 1. The Labute approximate surface area is 89.7 Å². The van der Waals surface area contributed by atoms with Crippen LogP contribution in [0.25, 0.3) is 0 Å². The van der Waals surface area contributed by atoms with Crippen LogP contribution in [-0.2, 0) is 14.4 Å². The molecule has 0 saturated carbocycles. The van der Waals surface area contributed by atoms with Crippen molar-refractivity contribution in [2.75, 3.05) is 6.61 Å². The molecule has 0 aromatic heterocycles. The number of aliphatic imine (C=N–C) groups is 1. The molecule has 0 amide bonds. The third kappa shape index (κ3) is 1.72. The van der Waals surface area contributed by atoms with Gasteiger partial charge in [-0.1, -0.05) is 0 Å². The fraction of sp³-hybridized carbons (Fsp3) is 0.333. The largest absolute Gasteiger partial charge is 0.481 e. The van der Waals surface area contributed by atoms with E-state index in [2.05, 4.69) is 4.99 Å². The number of hydrogen-bond acceptors (Lipinski definition) is 5. The van der Waals surface area contributed by atoms with E-state index in [-0.39, 0.29) is 0 Å². The van der Waals surface area contributed by atoms with Crippen molar-refractivity contribution < 1.29 is 29.7 Å². The van der Waals surface area contributed by atoms with Crippen LogP contribution in [0.15, 0.2) is 17.1 Å². The molecule has 1 aliphatic heterocycles. The molecule has 7 heteroatoms. The fourth-order valence-electron chi connectivity index (χ4n) is 1.50. The number of ketones is 1. The standard InChI is InChI=1S/C9H9NO6/c11-4-5(12)9(2-1-3-10-9)6(7(13)14)8(15)16/h1-3,6,11H,4H2,(H,13,14)(H,15,16). The SMILES string of the molecule is O=C(O)C(C(=O)O)C1(C(=O)CO)C=CC=N1. The zero-order chi connectivity index (χ0) is 12.3. The number of carboxylic acid groups (broad SMARTS) is 2. The zero-order valence-corrected chi connectivity index (χ0v) is 8.03. The van der Waals surface area contributed by atoms with Gasteiger partial charge in [0, 0.05) is 6.21 Å². The number of carboxylic acids is 2. The second-order valence-electron chi connectivity index (χ2n) is 3.15. The summed E-state index contributed by atoms with van der Waals surface area (Å²) in [4.78, 5) is 36.7. The monoisotopic (exact) mass is 227 g/mol. The molecule has 0 aliphatic carbocycles. The number of hydrogen-bond donors (Lipinski definition) is 3. The maximum atomic E-state index is 11.4. The molecule has 1 heterocycles. The topological polar surface area (TPSA) is 124 Å². The summed E-state index contributed by atoms with van der Waals surface area (Å²) in [6, 6.07) is 0. The van der Waals surface area contributed by atoms with Crippen LogP contribution in [0, 0.1) is 5.92 Å². The summed E-state index contributed by atoms with van der Waals surface area (Å²) in [5.41, 5.74) is -2.04. The van der Waals surface area contributed by atoms with Gasteiger partial charge in [-0.25, -0.2) is 0 Å². The summed E-state index contributed by atoms with van der Waals surface area (Å²) in [6.45, 7) is -0.973. The molecule has 16 heavy (non-hydrogen) atoms. The maximum absolute atomic E-state index is 11.4. The number of allylic oxidation sites excluding steroid dienone is 1. The van der Waals surface area contributed by atoms with Crippen molar-refractivity contribution in [3.8, 4) is 0 Å². The van der Waals surface area contributed by atoms with Crippen molar-refractivity contribution in [3.63, 3.8) is 0 Å². The molecule has 7 nitrogen and oxygen atoms in total. The number of nitrogens with zero attached hydrogens (tertiary/aromatic N) is 1. The van der Waals surface area contributed by atoms with E-state index in [1.54, 1.807) is 0 Å². The molecule has 0 bridgehead atoms. The summed E-state index contributed by atoms with van der Waals surface area (Å²) in [5, 5.41) is 26.3. The Hall–Kier alpha value is -2.02. The summed E-state index contributed by atoms with van der Waals surface area (Å²) >= 11 is 0. The highest BCUT2D eigenvalue weighted by atomic mass is 16.4. The number of rotatable bonds is 5.